The monoisotopic (exact) mass is 427 g/mol. The molecule has 1 N–H and O–H groups in total. The summed E-state index contributed by atoms with van der Waals surface area (Å²) in [6.45, 7) is 6.88. The van der Waals surface area contributed by atoms with E-state index in [1.807, 2.05) is 56.6 Å². The predicted molar refractivity (Wildman–Crippen MR) is 135 cm³/mol. The highest BCUT2D eigenvalue weighted by Gasteiger charge is 2.23. The van der Waals surface area contributed by atoms with Gasteiger partial charge in [0.2, 0.25) is 0 Å². The molecule has 0 unspecified atom stereocenters. The normalized spacial score (nSPS) is 12.7. The minimum absolute atomic E-state index is 0.689. The average molecular weight is 428 g/mol. The van der Waals surface area contributed by atoms with Crippen LogP contribution in [0.2, 0.25) is 0 Å². The first-order valence-electron chi connectivity index (χ1n) is 10.9. The number of hydrogen-bond acceptors (Lipinski definition) is 3. The number of allylic oxidation sites excluding steroid dienone is 1. The van der Waals surface area contributed by atoms with Gasteiger partial charge in [0, 0.05) is 25.4 Å². The molecular formula is C27H29N3S. The van der Waals surface area contributed by atoms with Crippen molar-refractivity contribution in [1.29, 1.82) is 0 Å². The van der Waals surface area contributed by atoms with Crippen LogP contribution in [-0.2, 0) is 13.0 Å². The first-order chi connectivity index (χ1) is 15.3. The molecule has 0 bridgehead atoms. The molecule has 0 aliphatic carbocycles. The molecule has 158 valence electrons. The topological polar surface area (TPSA) is 37.3 Å². The van der Waals surface area contributed by atoms with Gasteiger partial charge >= 0.3 is 0 Å². The van der Waals surface area contributed by atoms with Gasteiger partial charge in [0.25, 0.3) is 0 Å². The second kappa shape index (κ2) is 11.3. The van der Waals surface area contributed by atoms with Crippen LogP contribution in [0.4, 0.5) is 0 Å². The first-order valence-corrected chi connectivity index (χ1v) is 11.3. The minimum atomic E-state index is 0.689. The lowest BCUT2D eigenvalue weighted by atomic mass is 9.98. The van der Waals surface area contributed by atoms with Gasteiger partial charge in [-0.1, -0.05) is 87.6 Å². The summed E-state index contributed by atoms with van der Waals surface area (Å²) in [6, 6.07) is 22.8. The molecule has 3 aromatic rings. The van der Waals surface area contributed by atoms with Gasteiger partial charge in [0.15, 0.2) is 0 Å². The number of aromatic nitrogens is 1. The number of thiocarbonyl (C=S) groups is 1. The molecular weight excluding hydrogens is 398 g/mol. The standard InChI is InChI=1S/C25H23N3S.C2H6/c1-2-18-8-6-7-11-21(18)17-27-25(29)24-22(19-12-14-26-15-13-19)16-23(28-24)20-9-4-3-5-10-20;1-2/h3-15H,2,16-17H2,1H3,(H,27,29);1-2H3. The van der Waals surface area contributed by atoms with Crippen molar-refractivity contribution in [3.63, 3.8) is 0 Å². The van der Waals surface area contributed by atoms with Gasteiger partial charge in [-0.3, -0.25) is 4.98 Å². The molecule has 31 heavy (non-hydrogen) atoms. The third-order valence-corrected chi connectivity index (χ3v) is 5.50. The van der Waals surface area contributed by atoms with E-state index in [1.54, 1.807) is 0 Å². The average Bonchev–Trinajstić information content (AvgIpc) is 3.31. The van der Waals surface area contributed by atoms with Crippen molar-refractivity contribution in [2.45, 2.75) is 40.2 Å². The van der Waals surface area contributed by atoms with Crippen LogP contribution in [0.1, 0.15) is 49.4 Å². The van der Waals surface area contributed by atoms with Gasteiger partial charge < -0.3 is 5.32 Å². The fraction of sp³-hybridized carbons (Fsp3) is 0.222. The lowest BCUT2D eigenvalue weighted by Crippen LogP contribution is -2.23. The molecule has 1 aliphatic heterocycles. The molecule has 1 aromatic heterocycles. The van der Waals surface area contributed by atoms with Crippen molar-refractivity contribution in [2.75, 3.05) is 0 Å². The third-order valence-electron chi connectivity index (χ3n) is 5.17. The molecule has 1 aliphatic rings. The van der Waals surface area contributed by atoms with Gasteiger partial charge in [-0.05, 0) is 46.4 Å². The van der Waals surface area contributed by atoms with E-state index in [4.69, 9.17) is 17.2 Å². The molecule has 2 aromatic carbocycles. The minimum Gasteiger partial charge on any atom is -0.370 e. The lowest BCUT2D eigenvalue weighted by molar-refractivity contribution is 0.900. The molecule has 0 amide bonds. The van der Waals surface area contributed by atoms with E-state index < -0.39 is 0 Å². The fourth-order valence-corrected chi connectivity index (χ4v) is 3.85. The largest absolute Gasteiger partial charge is 0.370 e. The van der Waals surface area contributed by atoms with Crippen LogP contribution in [0.15, 0.2) is 89.8 Å². The van der Waals surface area contributed by atoms with Crippen molar-refractivity contribution in [1.82, 2.24) is 10.3 Å². The number of aliphatic imine (C=N–C) groups is 1. The molecule has 0 spiro atoms. The van der Waals surface area contributed by atoms with Crippen molar-refractivity contribution < 1.29 is 0 Å². The summed E-state index contributed by atoms with van der Waals surface area (Å²) in [5, 5.41) is 3.44. The predicted octanol–water partition coefficient (Wildman–Crippen LogP) is 6.39. The Bertz CT molecular complexity index is 1070. The summed E-state index contributed by atoms with van der Waals surface area (Å²) in [5.74, 6) is 0. The number of aryl methyl sites for hydroxylation is 1. The Labute approximate surface area is 191 Å². The van der Waals surface area contributed by atoms with E-state index in [0.717, 1.165) is 41.0 Å². The fourth-order valence-electron chi connectivity index (χ4n) is 3.60. The highest BCUT2D eigenvalue weighted by molar-refractivity contribution is 7.80. The third kappa shape index (κ3) is 5.53. The Hall–Kier alpha value is -3.11. The molecule has 0 atom stereocenters. The molecule has 3 nitrogen and oxygen atoms in total. The van der Waals surface area contributed by atoms with Crippen LogP contribution < -0.4 is 5.32 Å². The number of rotatable bonds is 6. The number of nitrogens with one attached hydrogen (secondary N) is 1. The van der Waals surface area contributed by atoms with Crippen LogP contribution in [0, 0.1) is 0 Å². The van der Waals surface area contributed by atoms with Crippen LogP contribution in [0.5, 0.6) is 0 Å². The van der Waals surface area contributed by atoms with E-state index in [-0.39, 0.29) is 0 Å². The molecule has 4 rings (SSSR count). The maximum Gasteiger partial charge on any atom is 0.125 e. The van der Waals surface area contributed by atoms with Gasteiger partial charge in [0.05, 0.1) is 5.71 Å². The van der Waals surface area contributed by atoms with Gasteiger partial charge in [-0.15, -0.1) is 0 Å². The Morgan fingerprint density at radius 1 is 0.871 bits per heavy atom. The van der Waals surface area contributed by atoms with Gasteiger partial charge in [-0.2, -0.15) is 0 Å². The van der Waals surface area contributed by atoms with Crippen LogP contribution >= 0.6 is 12.2 Å². The zero-order chi connectivity index (χ0) is 22.1. The van der Waals surface area contributed by atoms with Crippen molar-refractivity contribution in [3.8, 4) is 0 Å². The molecule has 2 heterocycles. The Kier molecular flexibility index (Phi) is 8.25. The highest BCUT2D eigenvalue weighted by atomic mass is 32.1. The lowest BCUT2D eigenvalue weighted by Gasteiger charge is -2.12. The van der Waals surface area contributed by atoms with Crippen molar-refractivity contribution in [2.24, 2.45) is 4.99 Å². The summed E-state index contributed by atoms with van der Waals surface area (Å²) in [6.07, 6.45) is 5.39. The molecule has 0 radical (unpaired) electrons. The quantitative estimate of drug-likeness (QED) is 0.463. The number of pyridine rings is 1. The number of benzene rings is 2. The molecule has 0 saturated heterocycles. The van der Waals surface area contributed by atoms with E-state index in [0.29, 0.717) is 11.5 Å². The first kappa shape index (κ1) is 22.6. The highest BCUT2D eigenvalue weighted by Crippen LogP contribution is 2.32. The number of nitrogens with zero attached hydrogens (tertiary/aromatic N) is 2. The van der Waals surface area contributed by atoms with E-state index in [9.17, 15) is 0 Å². The van der Waals surface area contributed by atoms with Crippen LogP contribution in [0.25, 0.3) is 5.57 Å². The van der Waals surface area contributed by atoms with Crippen molar-refractivity contribution in [3.05, 3.63) is 107 Å². The molecule has 4 heteroatoms. The smallest absolute Gasteiger partial charge is 0.125 e. The van der Waals surface area contributed by atoms with E-state index >= 15 is 0 Å². The van der Waals surface area contributed by atoms with Gasteiger partial charge in [-0.25, -0.2) is 4.99 Å². The molecule has 0 fully saturated rings. The second-order valence-corrected chi connectivity index (χ2v) is 7.38. The second-order valence-electron chi connectivity index (χ2n) is 6.97. The van der Waals surface area contributed by atoms with Gasteiger partial charge in [0.1, 0.15) is 10.7 Å². The van der Waals surface area contributed by atoms with Crippen LogP contribution in [-0.4, -0.2) is 15.7 Å². The summed E-state index contributed by atoms with van der Waals surface area (Å²) >= 11 is 5.78. The summed E-state index contributed by atoms with van der Waals surface area (Å²) in [5.41, 5.74) is 7.91. The molecule has 0 saturated carbocycles. The van der Waals surface area contributed by atoms with E-state index in [1.165, 1.54) is 11.1 Å². The zero-order valence-corrected chi connectivity index (χ0v) is 19.2. The maximum absolute atomic E-state index is 5.78. The SMILES string of the molecule is CC.CCc1ccccc1CNC(=S)C1=C(c2ccncc2)CC(c2ccccc2)=N1. The Morgan fingerprint density at radius 2 is 1.52 bits per heavy atom. The Morgan fingerprint density at radius 3 is 2.19 bits per heavy atom. The van der Waals surface area contributed by atoms with Crippen LogP contribution in [0.3, 0.4) is 0 Å². The Balaban J connectivity index is 0.00000132. The maximum atomic E-state index is 5.78. The number of hydrogen-bond donors (Lipinski definition) is 1. The van der Waals surface area contributed by atoms with E-state index in [2.05, 4.69) is 53.6 Å². The summed E-state index contributed by atoms with van der Waals surface area (Å²) < 4.78 is 0. The summed E-state index contributed by atoms with van der Waals surface area (Å²) in [7, 11) is 0. The zero-order valence-electron chi connectivity index (χ0n) is 18.4. The summed E-state index contributed by atoms with van der Waals surface area (Å²) in [4.78, 5) is 9.78. The van der Waals surface area contributed by atoms with Crippen molar-refractivity contribution >= 4 is 28.5 Å².